The van der Waals surface area contributed by atoms with Gasteiger partial charge in [0.05, 0.1) is 18.4 Å². The van der Waals surface area contributed by atoms with Crippen molar-refractivity contribution in [3.63, 3.8) is 0 Å². The molecule has 0 saturated carbocycles. The maximum Gasteiger partial charge on any atom is 0.282 e. The summed E-state index contributed by atoms with van der Waals surface area (Å²) in [5, 5.41) is 2.69. The average molecular weight is 434 g/mol. The molecule has 1 saturated heterocycles. The lowest BCUT2D eigenvalue weighted by Crippen LogP contribution is -2.46. The summed E-state index contributed by atoms with van der Waals surface area (Å²) in [6.07, 6.45) is 0. The van der Waals surface area contributed by atoms with Crippen LogP contribution in [0.2, 0.25) is 0 Å². The van der Waals surface area contributed by atoms with Crippen molar-refractivity contribution >= 4 is 34.7 Å². The summed E-state index contributed by atoms with van der Waals surface area (Å²) in [5.74, 6) is -0.205. The minimum Gasteiger partial charge on any atom is -0.497 e. The predicted octanol–water partition coefficient (Wildman–Crippen LogP) is 2.19. The van der Waals surface area contributed by atoms with Gasteiger partial charge in [-0.15, -0.1) is 0 Å². The highest BCUT2D eigenvalue weighted by atomic mass is 16.5. The molecule has 0 bridgehead atoms. The van der Waals surface area contributed by atoms with Gasteiger partial charge in [-0.1, -0.05) is 12.1 Å². The Morgan fingerprint density at radius 3 is 2.09 bits per heavy atom. The van der Waals surface area contributed by atoms with Crippen molar-refractivity contribution < 1.29 is 19.1 Å². The minimum absolute atomic E-state index is 0.188. The van der Waals surface area contributed by atoms with E-state index in [0.29, 0.717) is 47.0 Å². The first-order chi connectivity index (χ1) is 15.4. The average Bonchev–Trinajstić information content (AvgIpc) is 3.05. The number of carbonyl (C=O) groups excluding carboxylic acids is 3. The summed E-state index contributed by atoms with van der Waals surface area (Å²) >= 11 is 0. The molecule has 0 unspecified atom stereocenters. The Bertz CT molecular complexity index is 1070. The number of nitrogens with one attached hydrogen (secondary N) is 1. The minimum atomic E-state index is -0.360. The summed E-state index contributed by atoms with van der Waals surface area (Å²) in [6, 6.07) is 13.9. The monoisotopic (exact) mass is 434 g/mol. The summed E-state index contributed by atoms with van der Waals surface area (Å²) in [6.45, 7) is 4.38. The van der Waals surface area contributed by atoms with Gasteiger partial charge in [0, 0.05) is 38.8 Å². The number of rotatable bonds is 5. The lowest BCUT2D eigenvalue weighted by molar-refractivity contribution is -0.121. The van der Waals surface area contributed by atoms with Crippen LogP contribution >= 0.6 is 0 Å². The molecule has 2 aromatic carbocycles. The van der Waals surface area contributed by atoms with E-state index in [1.54, 1.807) is 55.6 Å². The summed E-state index contributed by atoms with van der Waals surface area (Å²) in [5.41, 5.74) is 2.56. The van der Waals surface area contributed by atoms with Crippen LogP contribution in [-0.2, 0) is 14.4 Å². The van der Waals surface area contributed by atoms with Crippen LogP contribution < -0.4 is 15.0 Å². The van der Waals surface area contributed by atoms with Crippen molar-refractivity contribution in [2.24, 2.45) is 0 Å². The van der Waals surface area contributed by atoms with Crippen LogP contribution in [0, 0.1) is 0 Å². The first-order valence-corrected chi connectivity index (χ1v) is 10.5. The number of hydrogen-bond acceptors (Lipinski definition) is 6. The van der Waals surface area contributed by atoms with Crippen LogP contribution in [-0.4, -0.2) is 67.9 Å². The van der Waals surface area contributed by atoms with Crippen molar-refractivity contribution in [1.29, 1.82) is 0 Å². The fourth-order valence-corrected chi connectivity index (χ4v) is 3.99. The van der Waals surface area contributed by atoms with Crippen molar-refractivity contribution in [3.05, 3.63) is 59.8 Å². The molecular weight excluding hydrogens is 408 g/mol. The zero-order chi connectivity index (χ0) is 22.8. The molecule has 2 aliphatic heterocycles. The number of benzene rings is 2. The summed E-state index contributed by atoms with van der Waals surface area (Å²) < 4.78 is 5.24. The van der Waals surface area contributed by atoms with Gasteiger partial charge in [0.25, 0.3) is 11.8 Å². The van der Waals surface area contributed by atoms with Gasteiger partial charge in [0.1, 0.15) is 11.4 Å². The molecular formula is C24H26N4O4. The number of hydrogen-bond donors (Lipinski definition) is 1. The van der Waals surface area contributed by atoms with Gasteiger partial charge >= 0.3 is 0 Å². The van der Waals surface area contributed by atoms with Crippen LogP contribution in [0.5, 0.6) is 5.75 Å². The van der Waals surface area contributed by atoms with Crippen LogP contribution in [0.4, 0.5) is 11.4 Å². The quantitative estimate of drug-likeness (QED) is 0.727. The molecule has 3 amide bonds. The lowest BCUT2D eigenvalue weighted by Gasteiger charge is -2.34. The number of imide groups is 1. The van der Waals surface area contributed by atoms with Crippen molar-refractivity contribution in [2.45, 2.75) is 6.92 Å². The van der Waals surface area contributed by atoms with E-state index in [9.17, 15) is 14.4 Å². The van der Waals surface area contributed by atoms with E-state index in [2.05, 4.69) is 10.2 Å². The van der Waals surface area contributed by atoms with Gasteiger partial charge in [0.15, 0.2) is 0 Å². The zero-order valence-electron chi connectivity index (χ0n) is 18.4. The maximum absolute atomic E-state index is 13.6. The van der Waals surface area contributed by atoms with E-state index >= 15 is 0 Å². The molecule has 1 fully saturated rings. The van der Waals surface area contributed by atoms with E-state index in [0.717, 1.165) is 13.1 Å². The van der Waals surface area contributed by atoms with Gasteiger partial charge in [-0.25, -0.2) is 4.90 Å². The van der Waals surface area contributed by atoms with E-state index < -0.39 is 0 Å². The van der Waals surface area contributed by atoms with Crippen molar-refractivity contribution in [3.8, 4) is 5.75 Å². The predicted molar refractivity (Wildman–Crippen MR) is 122 cm³/mol. The largest absolute Gasteiger partial charge is 0.497 e. The van der Waals surface area contributed by atoms with Crippen LogP contribution in [0.3, 0.4) is 0 Å². The molecule has 2 aliphatic rings. The maximum atomic E-state index is 13.6. The highest BCUT2D eigenvalue weighted by Gasteiger charge is 2.42. The SMILES string of the molecule is COc1ccc(C2=C(N3CCN(C)CC3)C(=O)N(c3ccc(NC(C)=O)cc3)C2=O)cc1. The van der Waals surface area contributed by atoms with Crippen molar-refractivity contribution in [2.75, 3.05) is 50.6 Å². The first-order valence-electron chi connectivity index (χ1n) is 10.5. The fourth-order valence-electron chi connectivity index (χ4n) is 3.99. The second-order valence-corrected chi connectivity index (χ2v) is 7.92. The number of likely N-dealkylation sites (N-methyl/N-ethyl adjacent to an activating group) is 1. The van der Waals surface area contributed by atoms with Gasteiger partial charge < -0.3 is 19.9 Å². The molecule has 4 rings (SSSR count). The third kappa shape index (κ3) is 4.09. The number of ether oxygens (including phenoxy) is 1. The number of anilines is 2. The molecule has 0 aliphatic carbocycles. The van der Waals surface area contributed by atoms with Crippen LogP contribution in [0.25, 0.3) is 5.57 Å². The molecule has 32 heavy (non-hydrogen) atoms. The Hall–Kier alpha value is -3.65. The third-order valence-electron chi connectivity index (χ3n) is 5.70. The molecule has 8 nitrogen and oxygen atoms in total. The third-order valence-corrected chi connectivity index (χ3v) is 5.70. The Morgan fingerprint density at radius 2 is 1.53 bits per heavy atom. The zero-order valence-corrected chi connectivity index (χ0v) is 18.4. The van der Waals surface area contributed by atoms with E-state index in [1.807, 2.05) is 11.9 Å². The fraction of sp³-hybridized carbons (Fsp3) is 0.292. The smallest absolute Gasteiger partial charge is 0.282 e. The van der Waals surface area contributed by atoms with Gasteiger partial charge in [-0.05, 0) is 49.0 Å². The normalized spacial score (nSPS) is 17.2. The Kier molecular flexibility index (Phi) is 5.96. The van der Waals surface area contributed by atoms with Crippen LogP contribution in [0.1, 0.15) is 12.5 Å². The number of piperazine rings is 1. The molecule has 2 heterocycles. The standard InChI is InChI=1S/C24H26N4O4/c1-16(29)25-18-6-8-19(9-7-18)28-23(30)21(17-4-10-20(32-3)11-5-17)22(24(28)31)27-14-12-26(2)13-15-27/h4-11H,12-15H2,1-3H3,(H,25,29). The molecule has 0 spiro atoms. The highest BCUT2D eigenvalue weighted by Crippen LogP contribution is 2.36. The molecule has 0 radical (unpaired) electrons. The summed E-state index contributed by atoms with van der Waals surface area (Å²) in [7, 11) is 3.63. The Labute approximate surface area is 187 Å². The van der Waals surface area contributed by atoms with E-state index in [-0.39, 0.29) is 17.7 Å². The molecule has 8 heteroatoms. The molecule has 0 aromatic heterocycles. The Balaban J connectivity index is 1.73. The van der Waals surface area contributed by atoms with Gasteiger partial charge in [-0.3, -0.25) is 14.4 Å². The van der Waals surface area contributed by atoms with Gasteiger partial charge in [0.2, 0.25) is 5.91 Å². The first kappa shape index (κ1) is 21.6. The van der Waals surface area contributed by atoms with E-state index in [1.165, 1.54) is 11.8 Å². The molecule has 2 aromatic rings. The number of nitrogens with zero attached hydrogens (tertiary/aromatic N) is 3. The second-order valence-electron chi connectivity index (χ2n) is 7.92. The topological polar surface area (TPSA) is 82.2 Å². The highest BCUT2D eigenvalue weighted by molar-refractivity contribution is 6.45. The second kappa shape index (κ2) is 8.84. The molecule has 1 N–H and O–H groups in total. The number of amides is 3. The summed E-state index contributed by atoms with van der Waals surface area (Å²) in [4.78, 5) is 43.8. The van der Waals surface area contributed by atoms with E-state index in [4.69, 9.17) is 4.74 Å². The molecule has 0 atom stereocenters. The van der Waals surface area contributed by atoms with Crippen LogP contribution in [0.15, 0.2) is 54.2 Å². The molecule has 166 valence electrons. The Morgan fingerprint density at radius 1 is 0.906 bits per heavy atom. The lowest BCUT2D eigenvalue weighted by atomic mass is 10.0. The van der Waals surface area contributed by atoms with Crippen molar-refractivity contribution in [1.82, 2.24) is 9.80 Å². The van der Waals surface area contributed by atoms with Gasteiger partial charge in [-0.2, -0.15) is 0 Å². The number of carbonyl (C=O) groups is 3. The number of methoxy groups -OCH3 is 1.